The Labute approximate surface area is 238 Å². The van der Waals surface area contributed by atoms with E-state index in [0.29, 0.717) is 0 Å². The molecule has 0 atom stereocenters. The van der Waals surface area contributed by atoms with Gasteiger partial charge in [0.2, 0.25) is 0 Å². The molecule has 0 saturated heterocycles. The van der Waals surface area contributed by atoms with Gasteiger partial charge in [-0.25, -0.2) is 0 Å². The van der Waals surface area contributed by atoms with E-state index in [1.54, 1.807) is 27.7 Å². The monoisotopic (exact) mass is 574 g/mol. The molecule has 218 valence electrons. The summed E-state index contributed by atoms with van der Waals surface area (Å²) in [6, 6.07) is 2.48. The molecular weight excluding hydrogens is 544 g/mol. The standard InChI is InChI=1S/C30H30N4O8/c1-5-29(6-2,33-23(37)11-12-24(33)38)16-32-25(39)17-13-19-20(14-18(17)26(32)40)28(42)34(27(19)41)30(7-3,8-4)15-31-21(35)9-10-22(31)36/h9-14H,5-8,15-16H2,1-4H3. The lowest BCUT2D eigenvalue weighted by Gasteiger charge is -2.39. The average Bonchev–Trinajstić information content (AvgIpc) is 3.64. The van der Waals surface area contributed by atoms with Crippen LogP contribution in [0.25, 0.3) is 21.5 Å². The van der Waals surface area contributed by atoms with Gasteiger partial charge in [0.25, 0.3) is 45.9 Å². The van der Waals surface area contributed by atoms with Gasteiger partial charge in [-0.15, -0.1) is 0 Å². The van der Waals surface area contributed by atoms with E-state index in [1.807, 2.05) is 0 Å². The molecule has 2 aromatic heterocycles. The topological polar surface area (TPSA) is 153 Å². The van der Waals surface area contributed by atoms with Crippen LogP contribution >= 0.6 is 0 Å². The average molecular weight is 575 g/mol. The lowest BCUT2D eigenvalue weighted by atomic mass is 9.90. The molecule has 0 aliphatic carbocycles. The van der Waals surface area contributed by atoms with Gasteiger partial charge in [-0.1, -0.05) is 27.7 Å². The lowest BCUT2D eigenvalue weighted by Crippen LogP contribution is -2.55. The van der Waals surface area contributed by atoms with Gasteiger partial charge in [0, 0.05) is 24.3 Å². The molecular formula is C30H30N4O8. The van der Waals surface area contributed by atoms with Gasteiger partial charge >= 0.3 is 0 Å². The highest BCUT2D eigenvalue weighted by Gasteiger charge is 2.43. The van der Waals surface area contributed by atoms with Crippen LogP contribution in [0.4, 0.5) is 0 Å². The molecule has 0 bridgehead atoms. The number of fused-ring (bicyclic) bond motifs is 2. The molecule has 4 heterocycles. The summed E-state index contributed by atoms with van der Waals surface area (Å²) in [7, 11) is 0. The van der Waals surface area contributed by atoms with E-state index in [1.165, 1.54) is 12.1 Å². The third-order valence-corrected chi connectivity index (χ3v) is 9.17. The zero-order valence-corrected chi connectivity index (χ0v) is 23.8. The highest BCUT2D eigenvalue weighted by atomic mass is 16.2. The van der Waals surface area contributed by atoms with Crippen molar-refractivity contribution < 1.29 is 19.2 Å². The summed E-state index contributed by atoms with van der Waals surface area (Å²) in [5, 5.41) is -0.242. The highest BCUT2D eigenvalue weighted by Crippen LogP contribution is 2.30. The Kier molecular flexibility index (Phi) is 6.83. The third-order valence-electron chi connectivity index (χ3n) is 9.17. The number of hydrogen-bond donors (Lipinski definition) is 0. The number of amides is 4. The summed E-state index contributed by atoms with van der Waals surface area (Å²) >= 11 is 0. The molecule has 0 fully saturated rings. The Bertz CT molecular complexity index is 1840. The van der Waals surface area contributed by atoms with Crippen LogP contribution < -0.4 is 22.2 Å². The predicted molar refractivity (Wildman–Crippen MR) is 154 cm³/mol. The number of rotatable bonds is 10. The maximum atomic E-state index is 13.7. The second-order valence-electron chi connectivity index (χ2n) is 10.9. The minimum atomic E-state index is -1.21. The number of nitrogens with zero attached hydrogens (tertiary/aromatic N) is 4. The van der Waals surface area contributed by atoms with E-state index < -0.39 is 56.9 Å². The molecule has 0 N–H and O–H groups in total. The summed E-state index contributed by atoms with van der Waals surface area (Å²) in [5.41, 5.74) is -5.14. The molecule has 12 heteroatoms. The molecule has 2 aliphatic heterocycles. The molecule has 0 unspecified atom stereocenters. The van der Waals surface area contributed by atoms with Crippen LogP contribution in [-0.4, -0.2) is 54.6 Å². The van der Waals surface area contributed by atoms with Gasteiger partial charge in [0.05, 0.1) is 45.7 Å². The van der Waals surface area contributed by atoms with Crippen molar-refractivity contribution in [3.05, 3.63) is 77.9 Å². The molecule has 5 rings (SSSR count). The number of carbonyl (C=O) groups excluding carboxylic acids is 4. The first kappa shape index (κ1) is 28.8. The third kappa shape index (κ3) is 3.88. The fourth-order valence-electron chi connectivity index (χ4n) is 6.36. The zero-order chi connectivity index (χ0) is 30.7. The number of benzene rings is 1. The van der Waals surface area contributed by atoms with Crippen LogP contribution in [-0.2, 0) is 31.3 Å². The predicted octanol–water partition coefficient (Wildman–Crippen LogP) is 0.837. The summed E-state index contributed by atoms with van der Waals surface area (Å²) in [6.07, 6.45) is 5.62. The second kappa shape index (κ2) is 9.97. The Morgan fingerprint density at radius 2 is 0.881 bits per heavy atom. The molecule has 42 heavy (non-hydrogen) atoms. The number of imide groups is 2. The molecule has 0 saturated carbocycles. The van der Waals surface area contributed by atoms with Crippen LogP contribution in [0.2, 0.25) is 0 Å². The summed E-state index contributed by atoms with van der Waals surface area (Å²) < 4.78 is 1.99. The summed E-state index contributed by atoms with van der Waals surface area (Å²) in [5.74, 6) is -2.14. The van der Waals surface area contributed by atoms with Crippen molar-refractivity contribution in [3.8, 4) is 0 Å². The maximum Gasteiger partial charge on any atom is 0.262 e. The first-order chi connectivity index (χ1) is 19.9. The van der Waals surface area contributed by atoms with Crippen molar-refractivity contribution in [3.63, 3.8) is 0 Å². The molecule has 12 nitrogen and oxygen atoms in total. The minimum Gasteiger partial charge on any atom is -0.273 e. The first-order valence-corrected chi connectivity index (χ1v) is 13.9. The Morgan fingerprint density at radius 1 is 0.500 bits per heavy atom. The van der Waals surface area contributed by atoms with E-state index in [2.05, 4.69) is 0 Å². The minimum absolute atomic E-state index is 0.0587. The Balaban J connectivity index is 1.66. The van der Waals surface area contributed by atoms with Gasteiger partial charge in [0.1, 0.15) is 0 Å². The highest BCUT2D eigenvalue weighted by molar-refractivity contribution is 6.14. The molecule has 0 spiro atoms. The van der Waals surface area contributed by atoms with Gasteiger partial charge in [-0.05, 0) is 37.8 Å². The zero-order valence-electron chi connectivity index (χ0n) is 23.8. The summed E-state index contributed by atoms with van der Waals surface area (Å²) in [6.45, 7) is 6.57. The number of carbonyl (C=O) groups is 4. The quantitative estimate of drug-likeness (QED) is 0.323. The van der Waals surface area contributed by atoms with Crippen LogP contribution in [0.1, 0.15) is 53.4 Å². The first-order valence-electron chi connectivity index (χ1n) is 13.9. The van der Waals surface area contributed by atoms with E-state index in [4.69, 9.17) is 0 Å². The van der Waals surface area contributed by atoms with Crippen molar-refractivity contribution in [2.45, 2.75) is 71.0 Å². The molecule has 2 aliphatic rings. The molecule has 0 radical (unpaired) electrons. The fraction of sp³-hybridized carbons (Fsp3) is 0.400. The summed E-state index contributed by atoms with van der Waals surface area (Å²) in [4.78, 5) is 106. The largest absolute Gasteiger partial charge is 0.273 e. The van der Waals surface area contributed by atoms with Gasteiger partial charge < -0.3 is 0 Å². The number of hydrogen-bond acceptors (Lipinski definition) is 8. The Hall–Kier alpha value is -4.74. The van der Waals surface area contributed by atoms with Crippen LogP contribution in [0.5, 0.6) is 0 Å². The van der Waals surface area contributed by atoms with Gasteiger partial charge in [-0.2, -0.15) is 0 Å². The molecule has 4 amide bonds. The van der Waals surface area contributed by atoms with E-state index in [0.717, 1.165) is 43.2 Å². The smallest absolute Gasteiger partial charge is 0.262 e. The maximum absolute atomic E-state index is 13.7. The molecule has 1 aromatic carbocycles. The number of aromatic nitrogens is 2. The van der Waals surface area contributed by atoms with Crippen molar-refractivity contribution in [2.24, 2.45) is 0 Å². The van der Waals surface area contributed by atoms with Gasteiger partial charge in [0.15, 0.2) is 0 Å². The van der Waals surface area contributed by atoms with Crippen molar-refractivity contribution in [2.75, 3.05) is 6.54 Å². The van der Waals surface area contributed by atoms with E-state index in [-0.39, 0.29) is 60.3 Å². The normalized spacial score (nSPS) is 16.0. The van der Waals surface area contributed by atoms with Crippen LogP contribution in [0.3, 0.4) is 0 Å². The van der Waals surface area contributed by atoms with Crippen molar-refractivity contribution >= 4 is 45.2 Å². The van der Waals surface area contributed by atoms with Gasteiger partial charge in [-0.3, -0.25) is 57.3 Å². The van der Waals surface area contributed by atoms with Crippen LogP contribution in [0.15, 0.2) is 55.6 Å². The van der Waals surface area contributed by atoms with Crippen molar-refractivity contribution in [1.82, 2.24) is 18.9 Å². The second-order valence-corrected chi connectivity index (χ2v) is 10.9. The van der Waals surface area contributed by atoms with E-state index in [9.17, 15) is 38.4 Å². The lowest BCUT2D eigenvalue weighted by molar-refractivity contribution is -0.145. The SMILES string of the molecule is CCC(CC)(Cn1c(=O)c2cc3c(=O)n(C(CC)(CC)CN4C(=O)C=CC4=O)c(=O)c3cc2c1=O)N1C(=O)C=CC1=O. The van der Waals surface area contributed by atoms with Crippen LogP contribution in [0, 0.1) is 0 Å². The fourth-order valence-corrected chi connectivity index (χ4v) is 6.36. The molecule has 3 aromatic rings. The van der Waals surface area contributed by atoms with E-state index >= 15 is 0 Å². The van der Waals surface area contributed by atoms with Crippen molar-refractivity contribution in [1.29, 1.82) is 0 Å². The Morgan fingerprint density at radius 3 is 1.29 bits per heavy atom.